The van der Waals surface area contributed by atoms with E-state index in [4.69, 9.17) is 9.83 Å². The summed E-state index contributed by atoms with van der Waals surface area (Å²) in [7, 11) is 0. The average Bonchev–Trinajstić information content (AvgIpc) is 3.42. The molecule has 8 unspecified atom stereocenters. The van der Waals surface area contributed by atoms with Gasteiger partial charge in [0.25, 0.3) is 0 Å². The SMILES string of the molecule is CCCC1C(CC)CCC2C1CCC1(C)C2CC(C)C1C(=O)CN/C=C(\C=N)c1ncco1. The minimum atomic E-state index is 0.128. The number of nitrogens with one attached hydrogen (secondary N) is 2. The molecule has 5 heteroatoms. The molecule has 1 aromatic heterocycles. The van der Waals surface area contributed by atoms with Crippen LogP contribution in [0.25, 0.3) is 5.57 Å². The average molecular weight is 454 g/mol. The van der Waals surface area contributed by atoms with Gasteiger partial charge in [-0.3, -0.25) is 4.79 Å². The van der Waals surface area contributed by atoms with Crippen LogP contribution in [0.4, 0.5) is 0 Å². The lowest BCUT2D eigenvalue weighted by Gasteiger charge is -2.54. The molecular weight excluding hydrogens is 410 g/mol. The second-order valence-corrected chi connectivity index (χ2v) is 11.3. The van der Waals surface area contributed by atoms with Gasteiger partial charge in [0.15, 0.2) is 5.78 Å². The van der Waals surface area contributed by atoms with Crippen molar-refractivity contribution in [2.24, 2.45) is 46.8 Å². The normalized spacial score (nSPS) is 38.4. The van der Waals surface area contributed by atoms with Crippen LogP contribution in [0.2, 0.25) is 0 Å². The molecular formula is C28H43N3O2. The summed E-state index contributed by atoms with van der Waals surface area (Å²) < 4.78 is 5.28. The van der Waals surface area contributed by atoms with Crippen molar-refractivity contribution in [1.82, 2.24) is 10.3 Å². The van der Waals surface area contributed by atoms with Crippen LogP contribution in [0.1, 0.15) is 85.0 Å². The van der Waals surface area contributed by atoms with Gasteiger partial charge in [-0.05, 0) is 73.0 Å². The minimum Gasteiger partial charge on any atom is -0.444 e. The van der Waals surface area contributed by atoms with E-state index in [9.17, 15) is 4.79 Å². The molecule has 5 nitrogen and oxygen atoms in total. The standard InChI is InChI=1S/C28H43N3O2/c1-5-7-21-19(6-2)8-9-23-22(21)10-11-28(4)24(23)14-18(3)26(28)25(32)17-30-16-20(15-29)27-31-12-13-33-27/h12-13,15-16,18-19,21-24,26,29-30H,5-11,14,17H2,1-4H3/b20-16+,29-15?. The lowest BCUT2D eigenvalue weighted by molar-refractivity contribution is -0.130. The number of oxazole rings is 1. The number of aromatic nitrogens is 1. The van der Waals surface area contributed by atoms with E-state index in [-0.39, 0.29) is 11.3 Å². The molecule has 1 heterocycles. The van der Waals surface area contributed by atoms with Crippen LogP contribution < -0.4 is 5.32 Å². The molecule has 0 bridgehead atoms. The Hall–Kier alpha value is -1.91. The van der Waals surface area contributed by atoms with E-state index < -0.39 is 0 Å². The number of allylic oxidation sites excluding steroid dienone is 1. The van der Waals surface area contributed by atoms with E-state index in [1.165, 1.54) is 63.8 Å². The number of rotatable bonds is 9. The Kier molecular flexibility index (Phi) is 7.45. The van der Waals surface area contributed by atoms with Crippen LogP contribution in [0, 0.1) is 52.2 Å². The van der Waals surface area contributed by atoms with E-state index in [0.29, 0.717) is 35.6 Å². The Morgan fingerprint density at radius 1 is 1.30 bits per heavy atom. The number of carbonyl (C=O) groups is 1. The number of nitrogens with zero attached hydrogens (tertiary/aromatic N) is 1. The molecule has 2 N–H and O–H groups in total. The van der Waals surface area contributed by atoms with E-state index in [1.54, 1.807) is 12.4 Å². The summed E-state index contributed by atoms with van der Waals surface area (Å²) in [5.41, 5.74) is 0.678. The maximum Gasteiger partial charge on any atom is 0.228 e. The summed E-state index contributed by atoms with van der Waals surface area (Å²) >= 11 is 0. The summed E-state index contributed by atoms with van der Waals surface area (Å²) in [6, 6.07) is 0. The molecule has 3 aliphatic rings. The van der Waals surface area contributed by atoms with Gasteiger partial charge in [0.1, 0.15) is 6.26 Å². The maximum atomic E-state index is 13.5. The van der Waals surface area contributed by atoms with Gasteiger partial charge in [0.2, 0.25) is 5.89 Å². The predicted octanol–water partition coefficient (Wildman–Crippen LogP) is 6.36. The van der Waals surface area contributed by atoms with Crippen molar-refractivity contribution >= 4 is 17.6 Å². The Morgan fingerprint density at radius 3 is 2.79 bits per heavy atom. The van der Waals surface area contributed by atoms with Crippen LogP contribution in [0.15, 0.2) is 23.1 Å². The number of Topliss-reactive ketones (excluding diaryl/α,β-unsaturated/α-hetero) is 1. The lowest BCUT2D eigenvalue weighted by Crippen LogP contribution is -2.49. The molecule has 0 amide bonds. The van der Waals surface area contributed by atoms with Crippen molar-refractivity contribution in [3.8, 4) is 0 Å². The molecule has 3 aliphatic carbocycles. The van der Waals surface area contributed by atoms with Crippen LogP contribution >= 0.6 is 0 Å². The number of ketones is 1. The molecule has 3 saturated carbocycles. The molecule has 0 aliphatic heterocycles. The fraction of sp³-hybridized carbons (Fsp3) is 0.750. The van der Waals surface area contributed by atoms with Crippen molar-refractivity contribution < 1.29 is 9.21 Å². The molecule has 0 aromatic carbocycles. The Bertz CT molecular complexity index is 847. The van der Waals surface area contributed by atoms with Gasteiger partial charge in [-0.1, -0.05) is 47.0 Å². The first-order chi connectivity index (χ1) is 15.9. The Balaban J connectivity index is 1.46. The van der Waals surface area contributed by atoms with E-state index >= 15 is 0 Å². The third-order valence-corrected chi connectivity index (χ3v) is 9.72. The van der Waals surface area contributed by atoms with Crippen molar-refractivity contribution in [2.45, 2.75) is 79.1 Å². The predicted molar refractivity (Wildman–Crippen MR) is 133 cm³/mol. The van der Waals surface area contributed by atoms with Crippen molar-refractivity contribution in [3.63, 3.8) is 0 Å². The van der Waals surface area contributed by atoms with Crippen LogP contribution in [-0.2, 0) is 4.79 Å². The molecule has 1 aromatic rings. The Morgan fingerprint density at radius 2 is 2.12 bits per heavy atom. The fourth-order valence-electron chi connectivity index (χ4n) is 8.48. The van der Waals surface area contributed by atoms with E-state index in [1.807, 2.05) is 0 Å². The summed E-state index contributed by atoms with van der Waals surface area (Å²) in [6.45, 7) is 9.79. The van der Waals surface area contributed by atoms with Crippen molar-refractivity contribution in [2.75, 3.05) is 6.54 Å². The van der Waals surface area contributed by atoms with E-state index in [0.717, 1.165) is 23.7 Å². The fourth-order valence-corrected chi connectivity index (χ4v) is 8.48. The molecule has 33 heavy (non-hydrogen) atoms. The number of carbonyl (C=O) groups excluding carboxylic acids is 1. The van der Waals surface area contributed by atoms with Gasteiger partial charge in [-0.15, -0.1) is 0 Å². The molecule has 8 atom stereocenters. The Labute approximate surface area is 199 Å². The lowest BCUT2D eigenvalue weighted by atomic mass is 9.50. The van der Waals surface area contributed by atoms with Gasteiger partial charge >= 0.3 is 0 Å². The zero-order valence-corrected chi connectivity index (χ0v) is 21.0. The van der Waals surface area contributed by atoms with Gasteiger partial charge in [0, 0.05) is 18.3 Å². The number of hydrogen-bond donors (Lipinski definition) is 2. The smallest absolute Gasteiger partial charge is 0.228 e. The van der Waals surface area contributed by atoms with Crippen molar-refractivity contribution in [3.05, 3.63) is 24.6 Å². The van der Waals surface area contributed by atoms with Crippen molar-refractivity contribution in [1.29, 1.82) is 5.41 Å². The zero-order chi connectivity index (χ0) is 23.6. The monoisotopic (exact) mass is 453 g/mol. The van der Waals surface area contributed by atoms with Crippen LogP contribution in [0.3, 0.4) is 0 Å². The highest BCUT2D eigenvalue weighted by Gasteiger charge is 2.59. The highest BCUT2D eigenvalue weighted by atomic mass is 16.3. The summed E-state index contributed by atoms with van der Waals surface area (Å²) in [5.74, 6) is 5.48. The number of hydrogen-bond acceptors (Lipinski definition) is 5. The molecule has 3 fully saturated rings. The second-order valence-electron chi connectivity index (χ2n) is 11.3. The topological polar surface area (TPSA) is 79.0 Å². The third kappa shape index (κ3) is 4.44. The van der Waals surface area contributed by atoms with Gasteiger partial charge in [0.05, 0.1) is 18.3 Å². The largest absolute Gasteiger partial charge is 0.444 e. The minimum absolute atomic E-state index is 0.128. The second kappa shape index (κ2) is 10.1. The molecule has 0 spiro atoms. The highest BCUT2D eigenvalue weighted by Crippen LogP contribution is 2.65. The quantitative estimate of drug-likeness (QED) is 0.426. The van der Waals surface area contributed by atoms with Gasteiger partial charge in [-0.25, -0.2) is 4.98 Å². The van der Waals surface area contributed by atoms with Crippen LogP contribution in [-0.4, -0.2) is 23.5 Å². The zero-order valence-electron chi connectivity index (χ0n) is 21.0. The van der Waals surface area contributed by atoms with Gasteiger partial charge < -0.3 is 15.1 Å². The summed E-state index contributed by atoms with van der Waals surface area (Å²) in [4.78, 5) is 17.6. The number of fused-ring (bicyclic) bond motifs is 3. The third-order valence-electron chi connectivity index (χ3n) is 9.72. The molecule has 0 saturated heterocycles. The highest BCUT2D eigenvalue weighted by molar-refractivity contribution is 6.06. The first kappa shape index (κ1) is 24.2. The molecule has 182 valence electrons. The first-order valence-electron chi connectivity index (χ1n) is 13.3. The van der Waals surface area contributed by atoms with Crippen LogP contribution in [0.5, 0.6) is 0 Å². The summed E-state index contributed by atoms with van der Waals surface area (Å²) in [5, 5.41) is 10.8. The molecule has 0 radical (unpaired) electrons. The van der Waals surface area contributed by atoms with Gasteiger partial charge in [-0.2, -0.15) is 0 Å². The molecule has 4 rings (SSSR count). The first-order valence-corrected chi connectivity index (χ1v) is 13.3. The maximum absolute atomic E-state index is 13.5. The summed E-state index contributed by atoms with van der Waals surface area (Å²) in [6.07, 6.45) is 16.5. The van der Waals surface area contributed by atoms with E-state index in [2.05, 4.69) is 38.0 Å².